The third-order valence-electron chi connectivity index (χ3n) is 1.35. The van der Waals surface area contributed by atoms with Crippen molar-refractivity contribution in [2.75, 3.05) is 0 Å². The van der Waals surface area contributed by atoms with Gasteiger partial charge in [-0.15, -0.1) is 0 Å². The van der Waals surface area contributed by atoms with Crippen LogP contribution in [-0.4, -0.2) is 23.7 Å². The number of imide groups is 1. The molecule has 0 aromatic rings. The van der Waals surface area contributed by atoms with Gasteiger partial charge >= 0.3 is 6.03 Å². The molecule has 2 N–H and O–H groups in total. The second-order valence-corrected chi connectivity index (χ2v) is 2.28. The SMILES string of the molecule is CC1(N=N)C=NC(=O)NC1=O. The molecule has 0 fully saturated rings. The smallest absolute Gasteiger partial charge is 0.274 e. The van der Waals surface area contributed by atoms with E-state index in [1.807, 2.05) is 5.32 Å². The molecule has 6 heteroatoms. The van der Waals surface area contributed by atoms with E-state index in [0.717, 1.165) is 6.21 Å². The first kappa shape index (κ1) is 7.52. The van der Waals surface area contributed by atoms with Crippen LogP contribution in [-0.2, 0) is 4.79 Å². The van der Waals surface area contributed by atoms with Crippen molar-refractivity contribution in [3.63, 3.8) is 0 Å². The van der Waals surface area contributed by atoms with Crippen molar-refractivity contribution in [3.05, 3.63) is 0 Å². The highest BCUT2D eigenvalue weighted by Crippen LogP contribution is 2.09. The number of nitrogens with zero attached hydrogens (tertiary/aromatic N) is 2. The Bertz CT molecular complexity index is 259. The normalized spacial score (nSPS) is 29.9. The van der Waals surface area contributed by atoms with Gasteiger partial charge < -0.3 is 0 Å². The van der Waals surface area contributed by atoms with Gasteiger partial charge in [0.1, 0.15) is 0 Å². The van der Waals surface area contributed by atoms with Crippen LogP contribution < -0.4 is 5.32 Å². The van der Waals surface area contributed by atoms with Crippen LogP contribution in [0.2, 0.25) is 0 Å². The molecule has 0 bridgehead atoms. The molecule has 0 saturated heterocycles. The molecule has 1 heterocycles. The van der Waals surface area contributed by atoms with Crippen molar-refractivity contribution < 1.29 is 9.59 Å². The Morgan fingerprint density at radius 2 is 2.36 bits per heavy atom. The third kappa shape index (κ3) is 1.14. The minimum Gasteiger partial charge on any atom is -0.274 e. The minimum absolute atomic E-state index is 0.618. The number of carbonyl (C=O) groups excluding carboxylic acids is 2. The van der Waals surface area contributed by atoms with Gasteiger partial charge in [0.2, 0.25) is 0 Å². The molecule has 0 aliphatic carbocycles. The van der Waals surface area contributed by atoms with Gasteiger partial charge in [-0.2, -0.15) is 5.11 Å². The Morgan fingerprint density at radius 3 is 2.82 bits per heavy atom. The van der Waals surface area contributed by atoms with Gasteiger partial charge in [0, 0.05) is 6.21 Å². The molecule has 0 aromatic carbocycles. The molecular weight excluding hydrogens is 148 g/mol. The molecule has 6 nitrogen and oxygen atoms in total. The van der Waals surface area contributed by atoms with Crippen LogP contribution >= 0.6 is 0 Å². The fourth-order valence-corrected chi connectivity index (χ4v) is 0.579. The van der Waals surface area contributed by atoms with Crippen LogP contribution in [0.1, 0.15) is 6.92 Å². The maximum absolute atomic E-state index is 10.9. The van der Waals surface area contributed by atoms with Crippen LogP contribution in [0.5, 0.6) is 0 Å². The highest BCUT2D eigenvalue weighted by Gasteiger charge is 2.35. The summed E-state index contributed by atoms with van der Waals surface area (Å²) in [5.74, 6) is -0.618. The summed E-state index contributed by atoms with van der Waals surface area (Å²) >= 11 is 0. The van der Waals surface area contributed by atoms with Crippen molar-refractivity contribution in [2.24, 2.45) is 10.1 Å². The summed E-state index contributed by atoms with van der Waals surface area (Å²) in [4.78, 5) is 24.7. The number of urea groups is 1. The van der Waals surface area contributed by atoms with E-state index in [4.69, 9.17) is 5.53 Å². The molecule has 0 aromatic heterocycles. The molecule has 0 saturated carbocycles. The van der Waals surface area contributed by atoms with E-state index in [9.17, 15) is 9.59 Å². The fourth-order valence-electron chi connectivity index (χ4n) is 0.579. The summed E-state index contributed by atoms with van der Waals surface area (Å²) in [5, 5.41) is 4.96. The Labute approximate surface area is 62.2 Å². The van der Waals surface area contributed by atoms with E-state index in [2.05, 4.69) is 10.1 Å². The standard InChI is InChI=1S/C5H6N4O2/c1-5(9-6)2-7-4(11)8-3(5)10/h2,6H,1H3,(H,8,10,11). The molecule has 1 unspecified atom stereocenters. The predicted molar refractivity (Wildman–Crippen MR) is 35.6 cm³/mol. The zero-order valence-corrected chi connectivity index (χ0v) is 5.79. The van der Waals surface area contributed by atoms with Gasteiger partial charge in [-0.1, -0.05) is 0 Å². The molecule has 58 valence electrons. The average molecular weight is 154 g/mol. The maximum atomic E-state index is 10.9. The van der Waals surface area contributed by atoms with Crippen LogP contribution in [0.3, 0.4) is 0 Å². The van der Waals surface area contributed by atoms with Crippen molar-refractivity contribution >= 4 is 18.2 Å². The number of nitrogens with one attached hydrogen (secondary N) is 2. The predicted octanol–water partition coefficient (Wildman–Crippen LogP) is 0.0967. The number of amides is 3. The van der Waals surface area contributed by atoms with Crippen LogP contribution in [0, 0.1) is 5.53 Å². The Morgan fingerprint density at radius 1 is 1.73 bits per heavy atom. The molecular formula is C5H6N4O2. The van der Waals surface area contributed by atoms with Gasteiger partial charge in [0.05, 0.1) is 0 Å². The number of hydrogen-bond acceptors (Lipinski definition) is 4. The zero-order valence-electron chi connectivity index (χ0n) is 5.79. The lowest BCUT2D eigenvalue weighted by atomic mass is 10.0. The van der Waals surface area contributed by atoms with Crippen molar-refractivity contribution in [1.82, 2.24) is 5.32 Å². The van der Waals surface area contributed by atoms with E-state index in [0.29, 0.717) is 0 Å². The lowest BCUT2D eigenvalue weighted by molar-refractivity contribution is -0.122. The number of aliphatic imine (C=N–C) groups is 1. The Hall–Kier alpha value is -1.59. The van der Waals surface area contributed by atoms with Crippen molar-refractivity contribution in [3.8, 4) is 0 Å². The quantitative estimate of drug-likeness (QED) is 0.524. The van der Waals surface area contributed by atoms with Crippen LogP contribution in [0.15, 0.2) is 10.1 Å². The first-order valence-electron chi connectivity index (χ1n) is 2.88. The van der Waals surface area contributed by atoms with E-state index in [-0.39, 0.29) is 0 Å². The highest BCUT2D eigenvalue weighted by atomic mass is 16.2. The second kappa shape index (κ2) is 2.22. The summed E-state index contributed by atoms with van der Waals surface area (Å²) in [6, 6.07) is -0.712. The summed E-state index contributed by atoms with van der Waals surface area (Å²) in [6.07, 6.45) is 1.06. The summed E-state index contributed by atoms with van der Waals surface area (Å²) in [5.41, 5.74) is 5.34. The molecule has 1 aliphatic heterocycles. The summed E-state index contributed by atoms with van der Waals surface area (Å²) in [6.45, 7) is 1.39. The fraction of sp³-hybridized carbons (Fsp3) is 0.400. The lowest BCUT2D eigenvalue weighted by Crippen LogP contribution is -2.49. The molecule has 1 rings (SSSR count). The van der Waals surface area contributed by atoms with Gasteiger partial charge in [-0.05, 0) is 6.92 Å². The van der Waals surface area contributed by atoms with Gasteiger partial charge in [-0.25, -0.2) is 15.3 Å². The average Bonchev–Trinajstić information content (AvgIpc) is 1.98. The van der Waals surface area contributed by atoms with Gasteiger partial charge in [0.25, 0.3) is 5.91 Å². The Kier molecular flexibility index (Phi) is 1.52. The van der Waals surface area contributed by atoms with Crippen molar-refractivity contribution in [2.45, 2.75) is 12.5 Å². The zero-order chi connectivity index (χ0) is 8.48. The molecule has 3 amide bonds. The first-order valence-corrected chi connectivity index (χ1v) is 2.88. The number of carbonyl (C=O) groups is 2. The highest BCUT2D eigenvalue weighted by molar-refractivity contribution is 6.15. The summed E-state index contributed by atoms with van der Waals surface area (Å²) in [7, 11) is 0. The van der Waals surface area contributed by atoms with E-state index in [1.165, 1.54) is 6.92 Å². The summed E-state index contributed by atoms with van der Waals surface area (Å²) < 4.78 is 0. The monoisotopic (exact) mass is 154 g/mol. The minimum atomic E-state index is -1.31. The molecule has 0 spiro atoms. The topological polar surface area (TPSA) is 94.7 Å². The third-order valence-corrected chi connectivity index (χ3v) is 1.35. The molecule has 1 atom stereocenters. The van der Waals surface area contributed by atoms with Gasteiger partial charge in [-0.3, -0.25) is 10.1 Å². The van der Waals surface area contributed by atoms with Crippen molar-refractivity contribution in [1.29, 1.82) is 5.53 Å². The van der Waals surface area contributed by atoms with Crippen LogP contribution in [0.25, 0.3) is 0 Å². The number of rotatable bonds is 1. The van der Waals surface area contributed by atoms with E-state index in [1.54, 1.807) is 0 Å². The second-order valence-electron chi connectivity index (χ2n) is 2.28. The lowest BCUT2D eigenvalue weighted by Gasteiger charge is -2.18. The van der Waals surface area contributed by atoms with E-state index >= 15 is 0 Å². The Balaban J connectivity index is 3.01. The molecule has 11 heavy (non-hydrogen) atoms. The van der Waals surface area contributed by atoms with Crippen LogP contribution in [0.4, 0.5) is 4.79 Å². The molecule has 1 aliphatic rings. The largest absolute Gasteiger partial charge is 0.347 e. The first-order chi connectivity index (χ1) is 5.08. The van der Waals surface area contributed by atoms with Gasteiger partial charge in [0.15, 0.2) is 5.54 Å². The van der Waals surface area contributed by atoms with E-state index < -0.39 is 17.5 Å². The number of hydrogen-bond donors (Lipinski definition) is 2. The maximum Gasteiger partial charge on any atom is 0.347 e. The molecule has 0 radical (unpaired) electrons.